The largest absolute Gasteiger partial charge is 0.497 e. The topological polar surface area (TPSA) is 94.2 Å². The summed E-state index contributed by atoms with van der Waals surface area (Å²) < 4.78 is 16.3. The molecule has 1 fully saturated rings. The molecule has 0 unspecified atom stereocenters. The molecule has 4 rings (SSSR count). The predicted molar refractivity (Wildman–Crippen MR) is 131 cm³/mol. The first-order chi connectivity index (χ1) is 16.9. The number of carbonyl (C=O) groups is 3. The number of anilines is 1. The van der Waals surface area contributed by atoms with Gasteiger partial charge in [0.05, 0.1) is 19.9 Å². The van der Waals surface area contributed by atoms with Gasteiger partial charge in [-0.3, -0.25) is 14.9 Å². The van der Waals surface area contributed by atoms with Crippen molar-refractivity contribution in [2.24, 2.45) is 0 Å². The molecule has 0 saturated carbocycles. The Morgan fingerprint density at radius 2 is 1.57 bits per heavy atom. The Hall–Kier alpha value is -4.30. The van der Waals surface area contributed by atoms with Crippen molar-refractivity contribution < 1.29 is 28.6 Å². The number of urea groups is 1. The monoisotopic (exact) mass is 492 g/mol. The zero-order valence-corrected chi connectivity index (χ0v) is 19.7. The molecule has 1 aliphatic rings. The van der Waals surface area contributed by atoms with Gasteiger partial charge < -0.3 is 14.2 Å². The number of imide groups is 2. The maximum Gasteiger partial charge on any atom is 0.335 e. The minimum absolute atomic E-state index is 0.212. The molecule has 3 aromatic carbocycles. The number of halogens is 1. The molecule has 4 amide bonds. The molecule has 0 bridgehead atoms. The Bertz CT molecular complexity index is 1300. The highest BCUT2D eigenvalue weighted by atomic mass is 35.5. The van der Waals surface area contributed by atoms with Crippen LogP contribution in [0.5, 0.6) is 17.2 Å². The number of amides is 4. The number of hydrogen-bond donors (Lipinski definition) is 1. The van der Waals surface area contributed by atoms with Crippen LogP contribution in [0.1, 0.15) is 11.1 Å². The second-order valence-electron chi connectivity index (χ2n) is 7.47. The number of hydrogen-bond acceptors (Lipinski definition) is 6. The molecule has 35 heavy (non-hydrogen) atoms. The molecule has 0 aromatic heterocycles. The van der Waals surface area contributed by atoms with Crippen molar-refractivity contribution >= 4 is 41.2 Å². The smallest absolute Gasteiger partial charge is 0.335 e. The van der Waals surface area contributed by atoms with Crippen LogP contribution in [0, 0.1) is 0 Å². The van der Waals surface area contributed by atoms with Gasteiger partial charge in [0.25, 0.3) is 11.8 Å². The Balaban J connectivity index is 1.55. The summed E-state index contributed by atoms with van der Waals surface area (Å²) in [5, 5.41) is 2.84. The quantitative estimate of drug-likeness (QED) is 0.382. The lowest BCUT2D eigenvalue weighted by Gasteiger charge is -2.26. The summed E-state index contributed by atoms with van der Waals surface area (Å²) in [6.45, 7) is 0.324. The molecule has 0 atom stereocenters. The first-order valence-electron chi connectivity index (χ1n) is 10.5. The van der Waals surface area contributed by atoms with Crippen LogP contribution in [0.2, 0.25) is 5.02 Å². The van der Waals surface area contributed by atoms with Crippen LogP contribution in [0.15, 0.2) is 72.3 Å². The number of ether oxygens (including phenoxy) is 3. The summed E-state index contributed by atoms with van der Waals surface area (Å²) in [6, 6.07) is 17.8. The first kappa shape index (κ1) is 23.8. The standard InChI is InChI=1S/C26H21ClN2O6/c1-33-21-10-5-17(23(14-21)34-2)13-22-24(30)28-26(32)29(25(22)31)19-8-11-20(12-9-19)35-15-16-3-6-18(27)7-4-16/h3-14H,15H2,1-2H3,(H,28,30,32)/b22-13-. The first-order valence-corrected chi connectivity index (χ1v) is 10.9. The summed E-state index contributed by atoms with van der Waals surface area (Å²) in [7, 11) is 2.98. The number of carbonyl (C=O) groups excluding carboxylic acids is 3. The van der Waals surface area contributed by atoms with Crippen molar-refractivity contribution in [1.29, 1.82) is 0 Å². The molecular formula is C26H21ClN2O6. The second-order valence-corrected chi connectivity index (χ2v) is 7.91. The van der Waals surface area contributed by atoms with Gasteiger partial charge in [0.2, 0.25) is 0 Å². The highest BCUT2D eigenvalue weighted by Crippen LogP contribution is 2.29. The lowest BCUT2D eigenvalue weighted by atomic mass is 10.1. The molecule has 0 spiro atoms. The average molecular weight is 493 g/mol. The maximum atomic E-state index is 13.2. The highest BCUT2D eigenvalue weighted by Gasteiger charge is 2.37. The summed E-state index contributed by atoms with van der Waals surface area (Å²) >= 11 is 5.89. The second kappa shape index (κ2) is 10.3. The van der Waals surface area contributed by atoms with Crippen LogP contribution in [0.25, 0.3) is 6.08 Å². The van der Waals surface area contributed by atoms with E-state index in [1.54, 1.807) is 54.6 Å². The van der Waals surface area contributed by atoms with Gasteiger partial charge in [0.15, 0.2) is 0 Å². The Morgan fingerprint density at radius 1 is 0.886 bits per heavy atom. The third kappa shape index (κ3) is 5.28. The zero-order valence-electron chi connectivity index (χ0n) is 18.9. The van der Waals surface area contributed by atoms with Crippen LogP contribution in [0.3, 0.4) is 0 Å². The maximum absolute atomic E-state index is 13.2. The lowest BCUT2D eigenvalue weighted by Crippen LogP contribution is -2.54. The molecule has 1 aliphatic heterocycles. The molecule has 0 aliphatic carbocycles. The molecule has 1 N–H and O–H groups in total. The van der Waals surface area contributed by atoms with Crippen LogP contribution >= 0.6 is 11.6 Å². The van der Waals surface area contributed by atoms with Crippen molar-refractivity contribution in [2.45, 2.75) is 6.61 Å². The Labute approximate surface area is 206 Å². The molecule has 178 valence electrons. The molecular weight excluding hydrogens is 472 g/mol. The van der Waals surface area contributed by atoms with Crippen molar-refractivity contribution in [3.63, 3.8) is 0 Å². The molecule has 0 radical (unpaired) electrons. The van der Waals surface area contributed by atoms with Gasteiger partial charge in [0, 0.05) is 16.7 Å². The van der Waals surface area contributed by atoms with E-state index in [0.29, 0.717) is 34.4 Å². The number of nitrogens with zero attached hydrogens (tertiary/aromatic N) is 1. The number of rotatable bonds is 7. The van der Waals surface area contributed by atoms with Crippen LogP contribution in [0.4, 0.5) is 10.5 Å². The Kier molecular flexibility index (Phi) is 7.03. The normalized spacial score (nSPS) is 14.7. The Morgan fingerprint density at radius 3 is 2.23 bits per heavy atom. The van der Waals surface area contributed by atoms with Gasteiger partial charge in [-0.15, -0.1) is 0 Å². The van der Waals surface area contributed by atoms with E-state index >= 15 is 0 Å². The SMILES string of the molecule is COc1ccc(/C=C2/C(=O)NC(=O)N(c3ccc(OCc4ccc(Cl)cc4)cc3)C2=O)c(OC)c1. The number of barbiturate groups is 1. The van der Waals surface area contributed by atoms with E-state index in [1.165, 1.54) is 20.3 Å². The van der Waals surface area contributed by atoms with E-state index in [9.17, 15) is 14.4 Å². The average Bonchev–Trinajstić information content (AvgIpc) is 2.87. The summed E-state index contributed by atoms with van der Waals surface area (Å²) in [5.74, 6) is -0.0476. The summed E-state index contributed by atoms with van der Waals surface area (Å²) in [5.41, 5.74) is 1.49. The number of benzene rings is 3. The molecule has 1 heterocycles. The zero-order chi connectivity index (χ0) is 24.9. The van der Waals surface area contributed by atoms with Crippen molar-refractivity contribution in [1.82, 2.24) is 5.32 Å². The van der Waals surface area contributed by atoms with Crippen LogP contribution in [-0.4, -0.2) is 32.1 Å². The van der Waals surface area contributed by atoms with E-state index < -0.39 is 17.8 Å². The molecule has 8 nitrogen and oxygen atoms in total. The van der Waals surface area contributed by atoms with Crippen molar-refractivity contribution in [3.8, 4) is 17.2 Å². The van der Waals surface area contributed by atoms with E-state index in [-0.39, 0.29) is 11.3 Å². The van der Waals surface area contributed by atoms with Crippen LogP contribution in [-0.2, 0) is 16.2 Å². The lowest BCUT2D eigenvalue weighted by molar-refractivity contribution is -0.122. The van der Waals surface area contributed by atoms with E-state index in [2.05, 4.69) is 5.32 Å². The minimum Gasteiger partial charge on any atom is -0.497 e. The fourth-order valence-electron chi connectivity index (χ4n) is 3.42. The van der Waals surface area contributed by atoms with Gasteiger partial charge >= 0.3 is 6.03 Å². The summed E-state index contributed by atoms with van der Waals surface area (Å²) in [6.07, 6.45) is 1.37. The highest BCUT2D eigenvalue weighted by molar-refractivity contribution is 6.39. The predicted octanol–water partition coefficient (Wildman–Crippen LogP) is 4.60. The van der Waals surface area contributed by atoms with Gasteiger partial charge in [-0.25, -0.2) is 9.69 Å². The van der Waals surface area contributed by atoms with Gasteiger partial charge in [-0.05, 0) is 60.2 Å². The minimum atomic E-state index is -0.839. The molecule has 9 heteroatoms. The number of nitrogens with one attached hydrogen (secondary N) is 1. The third-order valence-electron chi connectivity index (χ3n) is 5.26. The van der Waals surface area contributed by atoms with Crippen molar-refractivity contribution in [3.05, 3.63) is 88.5 Å². The number of methoxy groups -OCH3 is 2. The van der Waals surface area contributed by atoms with Crippen LogP contribution < -0.4 is 24.4 Å². The van der Waals surface area contributed by atoms with E-state index in [0.717, 1.165) is 10.5 Å². The molecule has 3 aromatic rings. The third-order valence-corrected chi connectivity index (χ3v) is 5.51. The van der Waals surface area contributed by atoms with E-state index in [4.69, 9.17) is 25.8 Å². The van der Waals surface area contributed by atoms with E-state index in [1.807, 2.05) is 12.1 Å². The fraction of sp³-hybridized carbons (Fsp3) is 0.115. The van der Waals surface area contributed by atoms with Gasteiger partial charge in [0.1, 0.15) is 29.4 Å². The summed E-state index contributed by atoms with van der Waals surface area (Å²) in [4.78, 5) is 39.0. The van der Waals surface area contributed by atoms with Gasteiger partial charge in [-0.2, -0.15) is 0 Å². The van der Waals surface area contributed by atoms with Crippen molar-refractivity contribution in [2.75, 3.05) is 19.1 Å². The fourth-order valence-corrected chi connectivity index (χ4v) is 3.55. The molecule has 1 saturated heterocycles. The van der Waals surface area contributed by atoms with Gasteiger partial charge in [-0.1, -0.05) is 23.7 Å².